The summed E-state index contributed by atoms with van der Waals surface area (Å²) in [5.41, 5.74) is 1.70. The van der Waals surface area contributed by atoms with Crippen LogP contribution in [0.2, 0.25) is 0 Å². The zero-order valence-electron chi connectivity index (χ0n) is 14.2. The van der Waals surface area contributed by atoms with Crippen LogP contribution in [-0.2, 0) is 9.59 Å². The third kappa shape index (κ3) is 2.52. The Morgan fingerprint density at radius 2 is 1.80 bits per heavy atom. The van der Waals surface area contributed by atoms with Crippen molar-refractivity contribution < 1.29 is 14.4 Å². The number of aryl methyl sites for hydroxylation is 1. The number of carbonyl (C=O) groups is 3. The van der Waals surface area contributed by atoms with Crippen LogP contribution in [0.3, 0.4) is 0 Å². The fraction of sp³-hybridized carbons (Fsp3) is 0.421. The monoisotopic (exact) mass is 339 g/mol. The van der Waals surface area contributed by atoms with Crippen LogP contribution >= 0.6 is 0 Å². The molecule has 5 unspecified atom stereocenters. The molecule has 130 valence electrons. The van der Waals surface area contributed by atoms with E-state index in [0.29, 0.717) is 5.69 Å². The highest BCUT2D eigenvalue weighted by Crippen LogP contribution is 2.52. The van der Waals surface area contributed by atoms with Gasteiger partial charge in [0.1, 0.15) is 6.17 Å². The lowest BCUT2D eigenvalue weighted by Crippen LogP contribution is -2.51. The van der Waals surface area contributed by atoms with Crippen molar-refractivity contribution in [3.05, 3.63) is 42.0 Å². The number of hydrogen-bond acceptors (Lipinski definition) is 3. The van der Waals surface area contributed by atoms with E-state index in [9.17, 15) is 14.4 Å². The van der Waals surface area contributed by atoms with Gasteiger partial charge in [0.2, 0.25) is 11.8 Å². The normalized spacial score (nSPS) is 30.6. The van der Waals surface area contributed by atoms with Crippen molar-refractivity contribution in [2.24, 2.45) is 23.7 Å². The van der Waals surface area contributed by atoms with Gasteiger partial charge in [-0.05, 0) is 49.8 Å². The predicted octanol–water partition coefficient (Wildman–Crippen LogP) is 2.27. The van der Waals surface area contributed by atoms with Crippen molar-refractivity contribution in [2.45, 2.75) is 26.4 Å². The van der Waals surface area contributed by atoms with E-state index in [-0.39, 0.29) is 35.5 Å². The van der Waals surface area contributed by atoms with Crippen molar-refractivity contribution >= 4 is 23.5 Å². The SMILES string of the molecule is Cc1cccc(NC(=O)NC(C)N2C(=O)C3C4C=CC(C4)C3C2=O)c1. The number of nitrogens with zero attached hydrogens (tertiary/aromatic N) is 1. The van der Waals surface area contributed by atoms with Gasteiger partial charge in [-0.1, -0.05) is 24.3 Å². The van der Waals surface area contributed by atoms with Crippen LogP contribution in [0.4, 0.5) is 10.5 Å². The second-order valence-corrected chi connectivity index (χ2v) is 7.19. The molecule has 6 nitrogen and oxygen atoms in total. The molecule has 2 N–H and O–H groups in total. The molecule has 1 aromatic rings. The van der Waals surface area contributed by atoms with E-state index in [0.717, 1.165) is 12.0 Å². The summed E-state index contributed by atoms with van der Waals surface area (Å²) in [6, 6.07) is 7.00. The summed E-state index contributed by atoms with van der Waals surface area (Å²) in [5, 5.41) is 5.44. The fourth-order valence-corrected chi connectivity index (χ4v) is 4.45. The summed E-state index contributed by atoms with van der Waals surface area (Å²) >= 11 is 0. The molecule has 2 aliphatic carbocycles. The van der Waals surface area contributed by atoms with Gasteiger partial charge in [0.15, 0.2) is 0 Å². The largest absolute Gasteiger partial charge is 0.320 e. The summed E-state index contributed by atoms with van der Waals surface area (Å²) in [7, 11) is 0. The molecule has 1 aliphatic heterocycles. The number of likely N-dealkylation sites (tertiary alicyclic amines) is 1. The number of anilines is 1. The van der Waals surface area contributed by atoms with E-state index in [1.807, 2.05) is 25.1 Å². The van der Waals surface area contributed by atoms with Crippen LogP contribution < -0.4 is 10.6 Å². The molecule has 3 aliphatic rings. The molecule has 25 heavy (non-hydrogen) atoms. The molecular formula is C19H21N3O3. The molecule has 1 heterocycles. The molecule has 1 saturated carbocycles. The minimum Gasteiger partial charge on any atom is -0.317 e. The van der Waals surface area contributed by atoms with Crippen LogP contribution in [0, 0.1) is 30.6 Å². The van der Waals surface area contributed by atoms with E-state index in [1.165, 1.54) is 4.90 Å². The highest BCUT2D eigenvalue weighted by molar-refractivity contribution is 6.07. The Balaban J connectivity index is 1.43. The molecule has 6 heteroatoms. The zero-order chi connectivity index (χ0) is 17.7. The Hall–Kier alpha value is -2.63. The molecular weight excluding hydrogens is 318 g/mol. The highest BCUT2D eigenvalue weighted by atomic mass is 16.2. The fourth-order valence-electron chi connectivity index (χ4n) is 4.45. The molecule has 4 rings (SSSR count). The molecule has 0 aromatic heterocycles. The maximum absolute atomic E-state index is 12.7. The number of imide groups is 1. The van der Waals surface area contributed by atoms with Crippen molar-refractivity contribution in [1.29, 1.82) is 0 Å². The quantitative estimate of drug-likeness (QED) is 0.655. The molecule has 1 saturated heterocycles. The lowest BCUT2D eigenvalue weighted by atomic mass is 9.85. The van der Waals surface area contributed by atoms with Gasteiger partial charge in [-0.3, -0.25) is 14.5 Å². The van der Waals surface area contributed by atoms with Crippen molar-refractivity contribution in [3.63, 3.8) is 0 Å². The van der Waals surface area contributed by atoms with Gasteiger partial charge in [0, 0.05) is 5.69 Å². The Labute approximate surface area is 146 Å². The Kier molecular flexibility index (Phi) is 3.63. The summed E-state index contributed by atoms with van der Waals surface area (Å²) in [6.45, 7) is 3.61. The average Bonchev–Trinajstić information content (AvgIpc) is 3.21. The smallest absolute Gasteiger partial charge is 0.317 e. The number of rotatable bonds is 3. The Morgan fingerprint density at radius 3 is 2.40 bits per heavy atom. The first-order valence-corrected chi connectivity index (χ1v) is 8.65. The number of hydrogen-bond donors (Lipinski definition) is 2. The standard InChI is InChI=1S/C19H21N3O3/c1-10-4-3-5-14(8-10)21-19(25)20-11(2)22-17(23)15-12-6-7-13(9-12)16(15)18(22)24/h3-8,11-13,15-16H,9H2,1-2H3,(H2,20,21,25). The Morgan fingerprint density at radius 1 is 1.16 bits per heavy atom. The average molecular weight is 339 g/mol. The van der Waals surface area contributed by atoms with E-state index in [2.05, 4.69) is 22.8 Å². The number of urea groups is 1. The number of amides is 4. The van der Waals surface area contributed by atoms with E-state index in [1.54, 1.807) is 13.0 Å². The number of nitrogens with one attached hydrogen (secondary N) is 2. The summed E-state index contributed by atoms with van der Waals surface area (Å²) < 4.78 is 0. The first kappa shape index (κ1) is 15.9. The maximum Gasteiger partial charge on any atom is 0.320 e. The van der Waals surface area contributed by atoms with Crippen molar-refractivity contribution in [3.8, 4) is 0 Å². The number of carbonyl (C=O) groups excluding carboxylic acids is 3. The number of allylic oxidation sites excluding steroid dienone is 2. The van der Waals surface area contributed by atoms with Crippen molar-refractivity contribution in [2.75, 3.05) is 5.32 Å². The number of fused-ring (bicyclic) bond motifs is 5. The van der Waals surface area contributed by atoms with Crippen LogP contribution in [0.5, 0.6) is 0 Å². The summed E-state index contributed by atoms with van der Waals surface area (Å²) in [4.78, 5) is 38.9. The molecule has 0 radical (unpaired) electrons. The minimum absolute atomic E-state index is 0.157. The second-order valence-electron chi connectivity index (χ2n) is 7.19. The Bertz CT molecular complexity index is 758. The van der Waals surface area contributed by atoms with E-state index in [4.69, 9.17) is 0 Å². The third-order valence-electron chi connectivity index (χ3n) is 5.51. The topological polar surface area (TPSA) is 78.5 Å². The molecule has 2 fully saturated rings. The van der Waals surface area contributed by atoms with Crippen molar-refractivity contribution in [1.82, 2.24) is 10.2 Å². The highest BCUT2D eigenvalue weighted by Gasteiger charge is 2.60. The van der Waals surface area contributed by atoms with E-state index >= 15 is 0 Å². The molecule has 5 atom stereocenters. The van der Waals surface area contributed by atoms with E-state index < -0.39 is 12.2 Å². The second kappa shape index (κ2) is 5.72. The molecule has 2 bridgehead atoms. The van der Waals surface area contributed by atoms with Gasteiger partial charge in [-0.25, -0.2) is 4.79 Å². The molecule has 0 spiro atoms. The summed E-state index contributed by atoms with van der Waals surface area (Å²) in [5.74, 6) is -0.460. The lowest BCUT2D eigenvalue weighted by molar-refractivity contribution is -0.143. The van der Waals surface area contributed by atoms with Crippen LogP contribution in [0.25, 0.3) is 0 Å². The van der Waals surface area contributed by atoms with Crippen LogP contribution in [0.1, 0.15) is 18.9 Å². The van der Waals surface area contributed by atoms with Crippen LogP contribution in [-0.4, -0.2) is 28.9 Å². The summed E-state index contributed by atoms with van der Waals surface area (Å²) in [6.07, 6.45) is 4.34. The maximum atomic E-state index is 12.7. The van der Waals surface area contributed by atoms with Gasteiger partial charge in [-0.2, -0.15) is 0 Å². The predicted molar refractivity (Wildman–Crippen MR) is 92.4 cm³/mol. The first-order chi connectivity index (χ1) is 12.0. The minimum atomic E-state index is -0.671. The lowest BCUT2D eigenvalue weighted by Gasteiger charge is -2.25. The number of benzene rings is 1. The first-order valence-electron chi connectivity index (χ1n) is 8.65. The van der Waals surface area contributed by atoms with Gasteiger partial charge < -0.3 is 10.6 Å². The van der Waals surface area contributed by atoms with Gasteiger partial charge in [0.05, 0.1) is 11.8 Å². The zero-order valence-corrected chi connectivity index (χ0v) is 14.2. The van der Waals surface area contributed by atoms with Crippen LogP contribution in [0.15, 0.2) is 36.4 Å². The van der Waals surface area contributed by atoms with Gasteiger partial charge >= 0.3 is 6.03 Å². The molecule has 4 amide bonds. The van der Waals surface area contributed by atoms with Gasteiger partial charge in [-0.15, -0.1) is 0 Å². The molecule has 1 aromatic carbocycles. The third-order valence-corrected chi connectivity index (χ3v) is 5.51. The van der Waals surface area contributed by atoms with Gasteiger partial charge in [0.25, 0.3) is 0 Å².